The molecule has 0 unspecified atom stereocenters. The standard InChI is InChI=1S/C18H26N2O5S/c1-25-18(22)4-2-3-13-19-17(21)12-7-14-5-10-16(11-6-14)26(23,24)20-15-8-9-15/h5-6,10-11,15,20H,2-4,7-9,12-13H2,1H3,(H,19,21). The van der Waals surface area contributed by atoms with Crippen LogP contribution in [0.4, 0.5) is 0 Å². The number of esters is 1. The topological polar surface area (TPSA) is 102 Å². The number of unbranched alkanes of at least 4 members (excludes halogenated alkanes) is 1. The molecule has 26 heavy (non-hydrogen) atoms. The van der Waals surface area contributed by atoms with Crippen molar-refractivity contribution >= 4 is 21.9 Å². The van der Waals surface area contributed by atoms with Crippen LogP contribution in [0.5, 0.6) is 0 Å². The van der Waals surface area contributed by atoms with E-state index in [0.29, 0.717) is 32.2 Å². The van der Waals surface area contributed by atoms with Gasteiger partial charge in [0.15, 0.2) is 0 Å². The van der Waals surface area contributed by atoms with Crippen LogP contribution in [-0.4, -0.2) is 40.0 Å². The van der Waals surface area contributed by atoms with Gasteiger partial charge in [-0.2, -0.15) is 0 Å². The summed E-state index contributed by atoms with van der Waals surface area (Å²) in [6.07, 6.45) is 4.44. The highest BCUT2D eigenvalue weighted by atomic mass is 32.2. The third-order valence-electron chi connectivity index (χ3n) is 4.13. The van der Waals surface area contributed by atoms with E-state index in [1.54, 1.807) is 24.3 Å². The molecule has 1 fully saturated rings. The van der Waals surface area contributed by atoms with Crippen LogP contribution < -0.4 is 10.0 Å². The Hall–Kier alpha value is -1.93. The zero-order chi connectivity index (χ0) is 19.0. The third kappa shape index (κ3) is 7.13. The highest BCUT2D eigenvalue weighted by molar-refractivity contribution is 7.89. The molecule has 1 aliphatic carbocycles. The number of methoxy groups -OCH3 is 1. The fraction of sp³-hybridized carbons (Fsp3) is 0.556. The Morgan fingerprint density at radius 3 is 2.42 bits per heavy atom. The van der Waals surface area contributed by atoms with E-state index < -0.39 is 10.0 Å². The van der Waals surface area contributed by atoms with Crippen molar-refractivity contribution in [3.05, 3.63) is 29.8 Å². The van der Waals surface area contributed by atoms with E-state index in [1.807, 2.05) is 0 Å². The molecular weight excluding hydrogens is 356 g/mol. The second-order valence-electron chi connectivity index (χ2n) is 6.42. The van der Waals surface area contributed by atoms with Gasteiger partial charge in [0.1, 0.15) is 0 Å². The van der Waals surface area contributed by atoms with Crippen molar-refractivity contribution in [3.8, 4) is 0 Å². The first-order valence-electron chi connectivity index (χ1n) is 8.85. The molecule has 1 amide bonds. The van der Waals surface area contributed by atoms with Crippen molar-refractivity contribution in [3.63, 3.8) is 0 Å². The Balaban J connectivity index is 1.67. The first-order valence-corrected chi connectivity index (χ1v) is 10.3. The largest absolute Gasteiger partial charge is 0.469 e. The van der Waals surface area contributed by atoms with Gasteiger partial charge in [0.2, 0.25) is 15.9 Å². The summed E-state index contributed by atoms with van der Waals surface area (Å²) in [4.78, 5) is 23.0. The molecule has 1 saturated carbocycles. The molecule has 0 aliphatic heterocycles. The number of sulfonamides is 1. The number of hydrogen-bond donors (Lipinski definition) is 2. The molecule has 0 atom stereocenters. The summed E-state index contributed by atoms with van der Waals surface area (Å²) in [5, 5.41) is 2.81. The fourth-order valence-electron chi connectivity index (χ4n) is 2.39. The lowest BCUT2D eigenvalue weighted by molar-refractivity contribution is -0.140. The normalized spacial score (nSPS) is 14.0. The van der Waals surface area contributed by atoms with Crippen molar-refractivity contribution < 1.29 is 22.7 Å². The molecule has 7 nitrogen and oxygen atoms in total. The summed E-state index contributed by atoms with van der Waals surface area (Å²) in [6, 6.07) is 6.71. The van der Waals surface area contributed by atoms with E-state index in [1.165, 1.54) is 7.11 Å². The molecule has 2 rings (SSSR count). The number of carbonyl (C=O) groups is 2. The van der Waals surface area contributed by atoms with Crippen LogP contribution in [-0.2, 0) is 30.8 Å². The zero-order valence-electron chi connectivity index (χ0n) is 15.0. The maximum atomic E-state index is 12.1. The number of benzene rings is 1. The molecule has 1 aliphatic rings. The van der Waals surface area contributed by atoms with Crippen molar-refractivity contribution in [2.45, 2.75) is 55.9 Å². The summed E-state index contributed by atoms with van der Waals surface area (Å²) in [7, 11) is -2.08. The Morgan fingerprint density at radius 2 is 1.81 bits per heavy atom. The first-order chi connectivity index (χ1) is 12.4. The first kappa shape index (κ1) is 20.4. The van der Waals surface area contributed by atoms with Gasteiger partial charge in [-0.15, -0.1) is 0 Å². The monoisotopic (exact) mass is 382 g/mol. The molecule has 0 heterocycles. The lowest BCUT2D eigenvalue weighted by Gasteiger charge is -2.07. The van der Waals surface area contributed by atoms with E-state index >= 15 is 0 Å². The van der Waals surface area contributed by atoms with E-state index in [2.05, 4.69) is 14.8 Å². The van der Waals surface area contributed by atoms with Gasteiger partial charge in [0.25, 0.3) is 0 Å². The molecule has 144 valence electrons. The van der Waals surface area contributed by atoms with E-state index in [4.69, 9.17) is 0 Å². The molecule has 1 aromatic carbocycles. The van der Waals surface area contributed by atoms with Gasteiger partial charge in [-0.25, -0.2) is 13.1 Å². The quantitative estimate of drug-likeness (QED) is 0.446. The minimum absolute atomic E-state index is 0.0600. The van der Waals surface area contributed by atoms with E-state index in [-0.39, 0.29) is 22.8 Å². The summed E-state index contributed by atoms with van der Waals surface area (Å²) < 4.78 is 31.4. The van der Waals surface area contributed by atoms with E-state index in [9.17, 15) is 18.0 Å². The lowest BCUT2D eigenvalue weighted by Crippen LogP contribution is -2.25. The third-order valence-corrected chi connectivity index (χ3v) is 5.67. The Bertz CT molecular complexity index is 712. The molecule has 0 saturated heterocycles. The molecule has 0 bridgehead atoms. The highest BCUT2D eigenvalue weighted by Gasteiger charge is 2.27. The second-order valence-corrected chi connectivity index (χ2v) is 8.14. The summed E-state index contributed by atoms with van der Waals surface area (Å²) >= 11 is 0. The molecule has 8 heteroatoms. The van der Waals surface area contributed by atoms with Gasteiger partial charge in [-0.3, -0.25) is 9.59 Å². The predicted molar refractivity (Wildman–Crippen MR) is 97.0 cm³/mol. The minimum atomic E-state index is -3.43. The van der Waals surface area contributed by atoms with Gasteiger partial charge >= 0.3 is 5.97 Å². The second kappa shape index (κ2) is 9.68. The number of nitrogens with one attached hydrogen (secondary N) is 2. The summed E-state index contributed by atoms with van der Waals surface area (Å²) in [6.45, 7) is 0.528. The Morgan fingerprint density at radius 1 is 1.12 bits per heavy atom. The number of carbonyl (C=O) groups excluding carboxylic acids is 2. The van der Waals surface area contributed by atoms with Crippen LogP contribution in [0.25, 0.3) is 0 Å². The number of rotatable bonds is 11. The lowest BCUT2D eigenvalue weighted by atomic mass is 10.1. The van der Waals surface area contributed by atoms with Crippen LogP contribution in [0.2, 0.25) is 0 Å². The van der Waals surface area contributed by atoms with Crippen LogP contribution >= 0.6 is 0 Å². The van der Waals surface area contributed by atoms with Gasteiger partial charge < -0.3 is 10.1 Å². The summed E-state index contributed by atoms with van der Waals surface area (Å²) in [5.41, 5.74) is 0.913. The number of aryl methyl sites for hydroxylation is 1. The van der Waals surface area contributed by atoms with Crippen molar-refractivity contribution in [1.82, 2.24) is 10.0 Å². The number of ether oxygens (including phenoxy) is 1. The molecule has 2 N–H and O–H groups in total. The maximum Gasteiger partial charge on any atom is 0.305 e. The van der Waals surface area contributed by atoms with Gasteiger partial charge in [-0.1, -0.05) is 12.1 Å². The maximum absolute atomic E-state index is 12.1. The molecule has 0 radical (unpaired) electrons. The molecule has 0 aromatic heterocycles. The predicted octanol–water partition coefficient (Wildman–Crippen LogP) is 1.52. The SMILES string of the molecule is COC(=O)CCCCNC(=O)CCc1ccc(S(=O)(=O)NC2CC2)cc1. The highest BCUT2D eigenvalue weighted by Crippen LogP contribution is 2.22. The smallest absolute Gasteiger partial charge is 0.305 e. The van der Waals surface area contributed by atoms with Gasteiger partial charge in [0.05, 0.1) is 12.0 Å². The average Bonchev–Trinajstić information content (AvgIpc) is 3.43. The number of hydrogen-bond acceptors (Lipinski definition) is 5. The zero-order valence-corrected chi connectivity index (χ0v) is 15.8. The Labute approximate surface area is 154 Å². The van der Waals surface area contributed by atoms with Crippen molar-refractivity contribution in [2.24, 2.45) is 0 Å². The summed E-state index contributed by atoms with van der Waals surface area (Å²) in [5.74, 6) is -0.302. The van der Waals surface area contributed by atoms with Crippen LogP contribution in [0.1, 0.15) is 44.1 Å². The van der Waals surface area contributed by atoms with Crippen LogP contribution in [0.3, 0.4) is 0 Å². The minimum Gasteiger partial charge on any atom is -0.469 e. The number of amides is 1. The molecule has 1 aromatic rings. The van der Waals surface area contributed by atoms with E-state index in [0.717, 1.165) is 24.8 Å². The van der Waals surface area contributed by atoms with Crippen LogP contribution in [0.15, 0.2) is 29.2 Å². The van der Waals surface area contributed by atoms with Crippen molar-refractivity contribution in [1.29, 1.82) is 0 Å². The average molecular weight is 382 g/mol. The fourth-order valence-corrected chi connectivity index (χ4v) is 3.70. The molecular formula is C18H26N2O5S. The molecule has 0 spiro atoms. The van der Waals surface area contributed by atoms with Crippen molar-refractivity contribution in [2.75, 3.05) is 13.7 Å². The Kier molecular flexibility index (Phi) is 7.59. The van der Waals surface area contributed by atoms with Crippen LogP contribution in [0, 0.1) is 0 Å². The van der Waals surface area contributed by atoms with Gasteiger partial charge in [0, 0.05) is 25.4 Å². The van der Waals surface area contributed by atoms with Gasteiger partial charge in [-0.05, 0) is 49.8 Å².